The van der Waals surface area contributed by atoms with Crippen molar-refractivity contribution in [2.45, 2.75) is 6.54 Å². The summed E-state index contributed by atoms with van der Waals surface area (Å²) in [7, 11) is 0. The van der Waals surface area contributed by atoms with Crippen LogP contribution in [0.5, 0.6) is 0 Å². The molecular weight excluding hydrogens is 296 g/mol. The number of rotatable bonds is 3. The Morgan fingerprint density at radius 3 is 2.54 bits per heavy atom. The van der Waals surface area contributed by atoms with Crippen molar-refractivity contribution in [2.75, 3.05) is 0 Å². The van der Waals surface area contributed by atoms with E-state index in [0.29, 0.717) is 12.1 Å². The Morgan fingerprint density at radius 1 is 0.958 bits per heavy atom. The first kappa shape index (κ1) is 14.2. The van der Waals surface area contributed by atoms with Gasteiger partial charge in [0.1, 0.15) is 5.69 Å². The molecule has 4 nitrogen and oxygen atoms in total. The van der Waals surface area contributed by atoms with E-state index in [0.717, 1.165) is 22.6 Å². The molecule has 4 rings (SSSR count). The molecule has 0 spiro atoms. The Morgan fingerprint density at radius 2 is 1.79 bits per heavy atom. The van der Waals surface area contributed by atoms with Gasteiger partial charge in [-0.05, 0) is 35.9 Å². The summed E-state index contributed by atoms with van der Waals surface area (Å²) in [4.78, 5) is 9.19. The van der Waals surface area contributed by atoms with Gasteiger partial charge in [0, 0.05) is 12.7 Å². The Bertz CT molecular complexity index is 1030. The van der Waals surface area contributed by atoms with Gasteiger partial charge in [0.15, 0.2) is 5.82 Å². The summed E-state index contributed by atoms with van der Waals surface area (Å²) in [5.74, 6) is 0.810. The number of imidazole rings is 1. The van der Waals surface area contributed by atoms with Crippen LogP contribution in [0.1, 0.15) is 11.1 Å². The van der Waals surface area contributed by atoms with Crippen molar-refractivity contribution >= 4 is 11.0 Å². The van der Waals surface area contributed by atoms with E-state index in [1.807, 2.05) is 48.5 Å². The minimum Gasteiger partial charge on any atom is -0.318 e. The van der Waals surface area contributed by atoms with E-state index >= 15 is 0 Å². The van der Waals surface area contributed by atoms with Crippen molar-refractivity contribution in [1.29, 1.82) is 5.26 Å². The molecule has 0 N–H and O–H groups in total. The number of benzene rings is 2. The number of nitriles is 1. The van der Waals surface area contributed by atoms with Crippen LogP contribution in [0.15, 0.2) is 72.9 Å². The molecule has 4 aromatic rings. The first-order chi connectivity index (χ1) is 11.8. The van der Waals surface area contributed by atoms with Gasteiger partial charge in [-0.1, -0.05) is 36.4 Å². The van der Waals surface area contributed by atoms with Gasteiger partial charge in [0.2, 0.25) is 0 Å². The molecule has 2 aromatic heterocycles. The lowest BCUT2D eigenvalue weighted by molar-refractivity contribution is 0.830. The highest BCUT2D eigenvalue weighted by atomic mass is 15.1. The summed E-state index contributed by atoms with van der Waals surface area (Å²) in [6.45, 7) is 0.679. The van der Waals surface area contributed by atoms with Gasteiger partial charge in [-0.3, -0.25) is 4.98 Å². The van der Waals surface area contributed by atoms with Crippen molar-refractivity contribution in [3.63, 3.8) is 0 Å². The second-order valence-electron chi connectivity index (χ2n) is 5.54. The number of aromatic nitrogens is 3. The third-order valence-corrected chi connectivity index (χ3v) is 3.95. The molecule has 114 valence electrons. The normalized spacial score (nSPS) is 10.6. The van der Waals surface area contributed by atoms with Crippen LogP contribution in [-0.4, -0.2) is 14.5 Å². The fourth-order valence-corrected chi connectivity index (χ4v) is 2.81. The molecule has 24 heavy (non-hydrogen) atoms. The van der Waals surface area contributed by atoms with Crippen molar-refractivity contribution in [3.8, 4) is 17.6 Å². The van der Waals surface area contributed by atoms with Crippen molar-refractivity contribution in [2.24, 2.45) is 0 Å². The summed E-state index contributed by atoms with van der Waals surface area (Å²) in [6, 6.07) is 23.8. The molecule has 0 fully saturated rings. The average molecular weight is 310 g/mol. The largest absolute Gasteiger partial charge is 0.318 e. The van der Waals surface area contributed by atoms with E-state index in [-0.39, 0.29) is 0 Å². The highest BCUT2D eigenvalue weighted by molar-refractivity contribution is 5.81. The molecule has 0 bridgehead atoms. The lowest BCUT2D eigenvalue weighted by atomic mass is 10.2. The van der Waals surface area contributed by atoms with Crippen molar-refractivity contribution < 1.29 is 0 Å². The molecule has 0 atom stereocenters. The van der Waals surface area contributed by atoms with E-state index in [2.05, 4.69) is 27.8 Å². The Hall–Kier alpha value is -3.45. The molecule has 0 aliphatic carbocycles. The van der Waals surface area contributed by atoms with E-state index in [4.69, 9.17) is 4.98 Å². The molecule has 0 aliphatic heterocycles. The zero-order valence-electron chi connectivity index (χ0n) is 12.9. The minimum absolute atomic E-state index is 0.629. The molecule has 0 saturated carbocycles. The fourth-order valence-electron chi connectivity index (χ4n) is 2.81. The predicted octanol–water partition coefficient (Wildman–Crippen LogP) is 4.02. The first-order valence-corrected chi connectivity index (χ1v) is 7.71. The van der Waals surface area contributed by atoms with E-state index in [1.54, 1.807) is 12.3 Å². The van der Waals surface area contributed by atoms with Crippen LogP contribution in [0.3, 0.4) is 0 Å². The highest BCUT2D eigenvalue weighted by Gasteiger charge is 2.14. The topological polar surface area (TPSA) is 54.5 Å². The molecule has 0 saturated heterocycles. The number of hydrogen-bond acceptors (Lipinski definition) is 3. The summed E-state index contributed by atoms with van der Waals surface area (Å²) in [5.41, 5.74) is 4.44. The summed E-state index contributed by atoms with van der Waals surface area (Å²) in [6.07, 6.45) is 1.77. The van der Waals surface area contributed by atoms with Crippen LogP contribution in [0.25, 0.3) is 22.6 Å². The predicted molar refractivity (Wildman–Crippen MR) is 93.2 cm³/mol. The summed E-state index contributed by atoms with van der Waals surface area (Å²) < 4.78 is 2.12. The van der Waals surface area contributed by atoms with Gasteiger partial charge in [-0.15, -0.1) is 0 Å². The van der Waals surface area contributed by atoms with Crippen LogP contribution in [0.2, 0.25) is 0 Å². The number of fused-ring (bicyclic) bond motifs is 1. The Labute approximate surface area is 139 Å². The molecule has 4 heteroatoms. The third kappa shape index (κ3) is 2.53. The maximum Gasteiger partial charge on any atom is 0.160 e. The van der Waals surface area contributed by atoms with Crippen LogP contribution in [-0.2, 0) is 6.54 Å². The number of hydrogen-bond donors (Lipinski definition) is 0. The molecule has 2 aromatic carbocycles. The smallest absolute Gasteiger partial charge is 0.160 e. The monoisotopic (exact) mass is 310 g/mol. The lowest BCUT2D eigenvalue weighted by Crippen LogP contribution is -2.03. The van der Waals surface area contributed by atoms with Gasteiger partial charge in [0.25, 0.3) is 0 Å². The molecule has 0 amide bonds. The maximum absolute atomic E-state index is 9.21. The molecule has 0 radical (unpaired) electrons. The fraction of sp³-hybridized carbons (Fsp3) is 0.0500. The number of nitrogens with zero attached hydrogens (tertiary/aromatic N) is 4. The van der Waals surface area contributed by atoms with Gasteiger partial charge in [0.05, 0.1) is 22.7 Å². The van der Waals surface area contributed by atoms with Crippen LogP contribution < -0.4 is 0 Å². The lowest BCUT2D eigenvalue weighted by Gasteiger charge is -2.09. The molecule has 0 aliphatic rings. The Balaban J connectivity index is 1.94. The van der Waals surface area contributed by atoms with E-state index in [1.165, 1.54) is 5.56 Å². The zero-order chi connectivity index (χ0) is 16.4. The summed E-state index contributed by atoms with van der Waals surface area (Å²) >= 11 is 0. The zero-order valence-corrected chi connectivity index (χ0v) is 12.9. The molecule has 2 heterocycles. The van der Waals surface area contributed by atoms with Gasteiger partial charge in [-0.2, -0.15) is 5.26 Å². The van der Waals surface area contributed by atoms with Crippen LogP contribution in [0, 0.1) is 11.3 Å². The van der Waals surface area contributed by atoms with E-state index in [9.17, 15) is 5.26 Å². The van der Waals surface area contributed by atoms with Crippen LogP contribution >= 0.6 is 0 Å². The first-order valence-electron chi connectivity index (χ1n) is 7.71. The SMILES string of the molecule is N#Cc1ccc2nc(-c3ccccn3)n(Cc3ccccc3)c2c1. The quantitative estimate of drug-likeness (QED) is 0.574. The molecule has 0 unspecified atom stereocenters. The van der Waals surface area contributed by atoms with Crippen LogP contribution in [0.4, 0.5) is 0 Å². The second-order valence-corrected chi connectivity index (χ2v) is 5.54. The van der Waals surface area contributed by atoms with Crippen molar-refractivity contribution in [1.82, 2.24) is 14.5 Å². The summed E-state index contributed by atoms with van der Waals surface area (Å²) in [5, 5.41) is 9.21. The second kappa shape index (κ2) is 5.98. The number of pyridine rings is 1. The third-order valence-electron chi connectivity index (χ3n) is 3.95. The minimum atomic E-state index is 0.629. The maximum atomic E-state index is 9.21. The van der Waals surface area contributed by atoms with Crippen molar-refractivity contribution in [3.05, 3.63) is 84.1 Å². The van der Waals surface area contributed by atoms with Gasteiger partial charge < -0.3 is 4.57 Å². The average Bonchev–Trinajstić information content (AvgIpc) is 3.01. The molecular formula is C20H14N4. The van der Waals surface area contributed by atoms with E-state index < -0.39 is 0 Å². The van der Waals surface area contributed by atoms with Gasteiger partial charge >= 0.3 is 0 Å². The highest BCUT2D eigenvalue weighted by Crippen LogP contribution is 2.25. The standard InChI is InChI=1S/C20H14N4/c21-13-16-9-10-17-19(12-16)24(14-15-6-2-1-3-7-15)20(23-17)18-8-4-5-11-22-18/h1-12H,14H2. The van der Waals surface area contributed by atoms with Gasteiger partial charge in [-0.25, -0.2) is 4.98 Å². The Kier molecular flexibility index (Phi) is 3.53.